The predicted molar refractivity (Wildman–Crippen MR) is 68.8 cm³/mol. The highest BCUT2D eigenvalue weighted by atomic mass is 19.2. The van der Waals surface area contributed by atoms with E-state index >= 15 is 0 Å². The van der Waals surface area contributed by atoms with Crippen LogP contribution in [0.2, 0.25) is 0 Å². The lowest BCUT2D eigenvalue weighted by Crippen LogP contribution is -2.13. The predicted octanol–water partition coefficient (Wildman–Crippen LogP) is 3.10. The zero-order valence-electron chi connectivity index (χ0n) is 11.6. The van der Waals surface area contributed by atoms with Crippen molar-refractivity contribution in [3.05, 3.63) is 35.5 Å². The van der Waals surface area contributed by atoms with Crippen LogP contribution in [0.15, 0.2) is 16.7 Å². The lowest BCUT2D eigenvalue weighted by molar-refractivity contribution is 0.138. The molecule has 0 aliphatic heterocycles. The Morgan fingerprint density at radius 3 is 2.38 bits per heavy atom. The van der Waals surface area contributed by atoms with Gasteiger partial charge in [0.1, 0.15) is 0 Å². The monoisotopic (exact) mass is 300 g/mol. The Hall–Kier alpha value is -1.89. The molecule has 0 saturated carbocycles. The topological polar surface area (TPSA) is 59.2 Å². The third kappa shape index (κ3) is 3.81. The number of aromatic nitrogens is 2. The van der Waals surface area contributed by atoms with Gasteiger partial charge in [-0.15, -0.1) is 0 Å². The van der Waals surface area contributed by atoms with Crippen LogP contribution >= 0.6 is 0 Å². The SMILES string of the molecule is CC(C)CC(O)Cc1nc(-c2cc(F)c(F)c(F)c2)no1. The summed E-state index contributed by atoms with van der Waals surface area (Å²) in [5, 5.41) is 13.4. The first kappa shape index (κ1) is 15.5. The van der Waals surface area contributed by atoms with E-state index in [1.165, 1.54) is 0 Å². The Morgan fingerprint density at radius 1 is 1.19 bits per heavy atom. The molecule has 1 unspecified atom stereocenters. The molecular formula is C14H15F3N2O2. The average Bonchev–Trinajstić information content (AvgIpc) is 2.82. The van der Waals surface area contributed by atoms with E-state index < -0.39 is 23.6 Å². The minimum Gasteiger partial charge on any atom is -0.393 e. The van der Waals surface area contributed by atoms with E-state index in [-0.39, 0.29) is 23.7 Å². The number of hydrogen-bond donors (Lipinski definition) is 1. The number of rotatable bonds is 5. The fourth-order valence-electron chi connectivity index (χ4n) is 1.97. The molecule has 1 N–H and O–H groups in total. The van der Waals surface area contributed by atoms with Crippen molar-refractivity contribution in [2.24, 2.45) is 5.92 Å². The van der Waals surface area contributed by atoms with Crippen LogP contribution in [0.3, 0.4) is 0 Å². The molecule has 2 aromatic rings. The molecule has 0 fully saturated rings. The van der Waals surface area contributed by atoms with Crippen molar-refractivity contribution in [2.45, 2.75) is 32.8 Å². The molecule has 0 saturated heterocycles. The first-order valence-electron chi connectivity index (χ1n) is 6.52. The zero-order chi connectivity index (χ0) is 15.6. The van der Waals surface area contributed by atoms with Gasteiger partial charge in [-0.2, -0.15) is 4.98 Å². The van der Waals surface area contributed by atoms with Crippen LogP contribution in [-0.2, 0) is 6.42 Å². The molecule has 114 valence electrons. The maximum absolute atomic E-state index is 13.1. The quantitative estimate of drug-likeness (QED) is 0.862. The summed E-state index contributed by atoms with van der Waals surface area (Å²) < 4.78 is 44.1. The molecule has 0 radical (unpaired) electrons. The van der Waals surface area contributed by atoms with Gasteiger partial charge in [-0.05, 0) is 24.5 Å². The van der Waals surface area contributed by atoms with Gasteiger partial charge in [-0.25, -0.2) is 13.2 Å². The van der Waals surface area contributed by atoms with Gasteiger partial charge in [0.05, 0.1) is 12.5 Å². The summed E-state index contributed by atoms with van der Waals surface area (Å²) in [5.74, 6) is -3.78. The number of aliphatic hydroxyl groups is 1. The van der Waals surface area contributed by atoms with Crippen molar-refractivity contribution in [3.8, 4) is 11.4 Å². The Balaban J connectivity index is 2.16. The highest BCUT2D eigenvalue weighted by Crippen LogP contribution is 2.22. The summed E-state index contributed by atoms with van der Waals surface area (Å²) in [6, 6.07) is 1.58. The van der Waals surface area contributed by atoms with Gasteiger partial charge >= 0.3 is 0 Å². The van der Waals surface area contributed by atoms with Crippen molar-refractivity contribution in [1.82, 2.24) is 10.1 Å². The number of benzene rings is 1. The second-order valence-corrected chi connectivity index (χ2v) is 5.25. The number of nitrogens with zero attached hydrogens (tertiary/aromatic N) is 2. The molecular weight excluding hydrogens is 285 g/mol. The van der Waals surface area contributed by atoms with Crippen molar-refractivity contribution in [3.63, 3.8) is 0 Å². The highest BCUT2D eigenvalue weighted by molar-refractivity contribution is 5.54. The second kappa shape index (κ2) is 6.26. The molecule has 0 aliphatic carbocycles. The summed E-state index contributed by atoms with van der Waals surface area (Å²) in [6.07, 6.45) is 0.0782. The largest absolute Gasteiger partial charge is 0.393 e. The van der Waals surface area contributed by atoms with Gasteiger partial charge in [0.2, 0.25) is 11.7 Å². The highest BCUT2D eigenvalue weighted by Gasteiger charge is 2.17. The smallest absolute Gasteiger partial charge is 0.229 e. The van der Waals surface area contributed by atoms with Gasteiger partial charge in [-0.1, -0.05) is 19.0 Å². The third-order valence-corrected chi connectivity index (χ3v) is 2.86. The van der Waals surface area contributed by atoms with Crippen LogP contribution in [-0.4, -0.2) is 21.4 Å². The molecule has 0 amide bonds. The Morgan fingerprint density at radius 2 is 1.81 bits per heavy atom. The summed E-state index contributed by atoms with van der Waals surface area (Å²) >= 11 is 0. The second-order valence-electron chi connectivity index (χ2n) is 5.25. The lowest BCUT2D eigenvalue weighted by Gasteiger charge is -2.09. The average molecular weight is 300 g/mol. The molecule has 0 aliphatic rings. The van der Waals surface area contributed by atoms with Crippen molar-refractivity contribution >= 4 is 0 Å². The van der Waals surface area contributed by atoms with E-state index in [1.54, 1.807) is 0 Å². The maximum atomic E-state index is 13.1. The standard InChI is InChI=1S/C14H15F3N2O2/c1-7(2)3-9(20)6-12-18-14(19-21-12)8-4-10(15)13(17)11(16)5-8/h4-5,7,9,20H,3,6H2,1-2H3. The van der Waals surface area contributed by atoms with Gasteiger partial charge in [0.15, 0.2) is 17.5 Å². The Bertz CT molecular complexity index is 605. The van der Waals surface area contributed by atoms with Crippen LogP contribution < -0.4 is 0 Å². The van der Waals surface area contributed by atoms with Gasteiger partial charge in [-0.3, -0.25) is 0 Å². The van der Waals surface area contributed by atoms with E-state index in [9.17, 15) is 18.3 Å². The van der Waals surface area contributed by atoms with Gasteiger partial charge in [0, 0.05) is 5.56 Å². The number of halogens is 3. The maximum Gasteiger partial charge on any atom is 0.229 e. The van der Waals surface area contributed by atoms with E-state index in [1.807, 2.05) is 13.8 Å². The minimum atomic E-state index is -1.55. The van der Waals surface area contributed by atoms with Crippen LogP contribution in [0.25, 0.3) is 11.4 Å². The van der Waals surface area contributed by atoms with Crippen LogP contribution in [0.4, 0.5) is 13.2 Å². The zero-order valence-corrected chi connectivity index (χ0v) is 11.6. The molecule has 7 heteroatoms. The fourth-order valence-corrected chi connectivity index (χ4v) is 1.97. The third-order valence-electron chi connectivity index (χ3n) is 2.86. The van der Waals surface area contributed by atoms with Crippen LogP contribution in [0, 0.1) is 23.4 Å². The molecule has 4 nitrogen and oxygen atoms in total. The van der Waals surface area contributed by atoms with Crippen molar-refractivity contribution in [1.29, 1.82) is 0 Å². The van der Waals surface area contributed by atoms with Crippen LogP contribution in [0.1, 0.15) is 26.2 Å². The van der Waals surface area contributed by atoms with Crippen molar-refractivity contribution in [2.75, 3.05) is 0 Å². The lowest BCUT2D eigenvalue weighted by atomic mass is 10.0. The molecule has 1 aromatic heterocycles. The summed E-state index contributed by atoms with van der Waals surface area (Å²) in [6.45, 7) is 3.93. The van der Waals surface area contributed by atoms with Crippen molar-refractivity contribution < 1.29 is 22.8 Å². The molecule has 2 rings (SSSR count). The first-order valence-corrected chi connectivity index (χ1v) is 6.52. The van der Waals surface area contributed by atoms with Gasteiger partial charge in [0.25, 0.3) is 0 Å². The van der Waals surface area contributed by atoms with E-state index in [4.69, 9.17) is 4.52 Å². The summed E-state index contributed by atoms with van der Waals surface area (Å²) in [4.78, 5) is 3.95. The Kier molecular flexibility index (Phi) is 4.62. The first-order chi connectivity index (χ1) is 9.86. The molecule has 1 atom stereocenters. The molecule has 1 aromatic carbocycles. The normalized spacial score (nSPS) is 12.9. The molecule has 21 heavy (non-hydrogen) atoms. The molecule has 0 bridgehead atoms. The van der Waals surface area contributed by atoms with E-state index in [0.29, 0.717) is 12.3 Å². The minimum absolute atomic E-state index is 0.0280. The Labute approximate surface area is 119 Å². The van der Waals surface area contributed by atoms with E-state index in [0.717, 1.165) is 12.1 Å². The number of hydrogen-bond acceptors (Lipinski definition) is 4. The fraction of sp³-hybridized carbons (Fsp3) is 0.429. The summed E-state index contributed by atoms with van der Waals surface area (Å²) in [5.41, 5.74) is -0.0280. The van der Waals surface area contributed by atoms with E-state index in [2.05, 4.69) is 10.1 Å². The van der Waals surface area contributed by atoms with Gasteiger partial charge < -0.3 is 9.63 Å². The van der Waals surface area contributed by atoms with Crippen LogP contribution in [0.5, 0.6) is 0 Å². The summed E-state index contributed by atoms with van der Waals surface area (Å²) in [7, 11) is 0. The molecule has 1 heterocycles. The molecule has 0 spiro atoms. The number of aliphatic hydroxyl groups excluding tert-OH is 1.